The second-order valence-electron chi connectivity index (χ2n) is 4.12. The van der Waals surface area contributed by atoms with E-state index >= 15 is 0 Å². The van der Waals surface area contributed by atoms with E-state index in [-0.39, 0.29) is 0 Å². The predicted octanol–water partition coefficient (Wildman–Crippen LogP) is -0.441. The highest BCUT2D eigenvalue weighted by Crippen LogP contribution is 2.42. The number of nitrogens with zero attached hydrogens (tertiary/aromatic N) is 1. The van der Waals surface area contributed by atoms with Crippen molar-refractivity contribution in [3.05, 3.63) is 0 Å². The molecule has 4 atom stereocenters. The summed E-state index contributed by atoms with van der Waals surface area (Å²) >= 11 is 0. The Kier molecular flexibility index (Phi) is 0.552. The highest BCUT2D eigenvalue weighted by Gasteiger charge is 2.63. The average molecular weight is 125 g/mol. The number of likely N-dealkylation sites (N-methyl/N-ethyl adjacent to an activating group) is 1. The van der Waals surface area contributed by atoms with Gasteiger partial charge in [-0.05, 0) is 0 Å². The van der Waals surface area contributed by atoms with E-state index in [0.717, 1.165) is 18.1 Å². The van der Waals surface area contributed by atoms with Gasteiger partial charge in [-0.3, -0.25) is 5.32 Å². The normalized spacial score (nSPS) is 68.3. The highest BCUT2D eigenvalue weighted by atomic mass is 15.5. The summed E-state index contributed by atoms with van der Waals surface area (Å²) in [7, 11) is 2.40. The Morgan fingerprint density at radius 1 is 1.44 bits per heavy atom. The molecule has 0 radical (unpaired) electrons. The fourth-order valence-corrected chi connectivity index (χ4v) is 3.09. The van der Waals surface area contributed by atoms with Crippen LogP contribution in [0.2, 0.25) is 0 Å². The molecular formula is C7H13N2+. The second kappa shape index (κ2) is 1.06. The molecule has 3 aliphatic heterocycles. The van der Waals surface area contributed by atoms with Crippen molar-refractivity contribution in [2.75, 3.05) is 20.1 Å². The van der Waals surface area contributed by atoms with Gasteiger partial charge >= 0.3 is 0 Å². The Balaban J connectivity index is 2.04. The SMILES string of the molecule is C[N+]12CC3CC1C(C2)N3. The van der Waals surface area contributed by atoms with Crippen molar-refractivity contribution in [2.24, 2.45) is 0 Å². The molecule has 0 saturated carbocycles. The molecule has 4 unspecified atom stereocenters. The summed E-state index contributed by atoms with van der Waals surface area (Å²) in [6.45, 7) is 2.81. The number of quaternary nitrogens is 1. The molecule has 0 aromatic heterocycles. The third-order valence-electron chi connectivity index (χ3n) is 3.49. The van der Waals surface area contributed by atoms with Gasteiger partial charge in [0.15, 0.2) is 0 Å². The first kappa shape index (κ1) is 4.69. The summed E-state index contributed by atoms with van der Waals surface area (Å²) < 4.78 is 1.39. The van der Waals surface area contributed by atoms with Gasteiger partial charge in [-0.25, -0.2) is 0 Å². The third-order valence-corrected chi connectivity index (χ3v) is 3.49. The van der Waals surface area contributed by atoms with E-state index in [4.69, 9.17) is 0 Å². The van der Waals surface area contributed by atoms with Gasteiger partial charge in [0.2, 0.25) is 0 Å². The minimum atomic E-state index is 0.888. The number of nitrogens with one attached hydrogen (secondary N) is 1. The van der Waals surface area contributed by atoms with Gasteiger partial charge in [0.05, 0.1) is 19.6 Å². The third kappa shape index (κ3) is 0.356. The zero-order valence-corrected chi connectivity index (χ0v) is 5.80. The van der Waals surface area contributed by atoms with Crippen LogP contribution < -0.4 is 5.32 Å². The Morgan fingerprint density at radius 3 is 2.67 bits per heavy atom. The maximum atomic E-state index is 3.63. The molecule has 2 bridgehead atoms. The lowest BCUT2D eigenvalue weighted by molar-refractivity contribution is -0.969. The van der Waals surface area contributed by atoms with Crippen LogP contribution in [0.3, 0.4) is 0 Å². The van der Waals surface area contributed by atoms with Crippen molar-refractivity contribution >= 4 is 0 Å². The van der Waals surface area contributed by atoms with E-state index < -0.39 is 0 Å². The van der Waals surface area contributed by atoms with Crippen LogP contribution in [0.1, 0.15) is 6.42 Å². The first-order valence-electron chi connectivity index (χ1n) is 3.88. The average Bonchev–Trinajstić information content (AvgIpc) is 2.20. The van der Waals surface area contributed by atoms with Crippen LogP contribution in [-0.4, -0.2) is 42.7 Å². The van der Waals surface area contributed by atoms with E-state index in [1.54, 1.807) is 0 Å². The largest absolute Gasteiger partial charge is 0.319 e. The van der Waals surface area contributed by atoms with E-state index in [2.05, 4.69) is 12.4 Å². The molecule has 1 N–H and O–H groups in total. The maximum Gasteiger partial charge on any atom is 0.112 e. The topological polar surface area (TPSA) is 12.0 Å². The molecule has 2 heteroatoms. The summed E-state index contributed by atoms with van der Waals surface area (Å²) in [5.74, 6) is 0. The molecule has 3 aliphatic rings. The van der Waals surface area contributed by atoms with Gasteiger partial charge in [0.1, 0.15) is 18.6 Å². The molecule has 50 valence electrons. The monoisotopic (exact) mass is 125 g/mol. The van der Waals surface area contributed by atoms with Crippen LogP contribution in [0.4, 0.5) is 0 Å². The van der Waals surface area contributed by atoms with Crippen LogP contribution in [0, 0.1) is 0 Å². The fourth-order valence-electron chi connectivity index (χ4n) is 3.09. The van der Waals surface area contributed by atoms with Gasteiger partial charge in [-0.15, -0.1) is 0 Å². The Bertz CT molecular complexity index is 166. The van der Waals surface area contributed by atoms with Gasteiger partial charge in [0.25, 0.3) is 0 Å². The summed E-state index contributed by atoms with van der Waals surface area (Å²) in [5, 5.41) is 3.63. The van der Waals surface area contributed by atoms with E-state index in [1.165, 1.54) is 24.0 Å². The maximum absolute atomic E-state index is 3.63. The molecule has 0 aliphatic carbocycles. The summed E-state index contributed by atoms with van der Waals surface area (Å²) in [4.78, 5) is 0. The predicted molar refractivity (Wildman–Crippen MR) is 35.0 cm³/mol. The number of fused-ring (bicyclic) bond motifs is 1. The van der Waals surface area contributed by atoms with E-state index in [0.29, 0.717) is 0 Å². The van der Waals surface area contributed by atoms with Gasteiger partial charge in [-0.1, -0.05) is 0 Å². The van der Waals surface area contributed by atoms with Crippen LogP contribution in [-0.2, 0) is 0 Å². The highest BCUT2D eigenvalue weighted by molar-refractivity contribution is 5.04. The van der Waals surface area contributed by atoms with Crippen molar-refractivity contribution < 1.29 is 4.48 Å². The Morgan fingerprint density at radius 2 is 2.33 bits per heavy atom. The van der Waals surface area contributed by atoms with E-state index in [9.17, 15) is 0 Å². The standard InChI is InChI=1S/C7H13N2/c1-9-3-5-2-7(9)6(4-9)8-5/h5-8H,2-4H2,1H3/q+1. The Labute approximate surface area is 55.4 Å². The first-order valence-corrected chi connectivity index (χ1v) is 3.88. The smallest absolute Gasteiger partial charge is 0.112 e. The van der Waals surface area contributed by atoms with Crippen LogP contribution in [0.15, 0.2) is 0 Å². The van der Waals surface area contributed by atoms with Gasteiger partial charge in [-0.2, -0.15) is 0 Å². The van der Waals surface area contributed by atoms with Crippen LogP contribution in [0.25, 0.3) is 0 Å². The quantitative estimate of drug-likeness (QED) is 0.433. The summed E-state index contributed by atoms with van der Waals surface area (Å²) in [5.41, 5.74) is 0. The molecule has 3 saturated heterocycles. The molecule has 3 rings (SSSR count). The second-order valence-corrected chi connectivity index (χ2v) is 4.12. The molecule has 2 nitrogen and oxygen atoms in total. The first-order chi connectivity index (χ1) is 4.28. The van der Waals surface area contributed by atoms with Crippen molar-refractivity contribution in [1.29, 1.82) is 0 Å². The van der Waals surface area contributed by atoms with Crippen LogP contribution >= 0.6 is 0 Å². The van der Waals surface area contributed by atoms with Gasteiger partial charge in [0, 0.05) is 6.42 Å². The number of hydrogen-bond donors (Lipinski definition) is 1. The molecule has 0 amide bonds. The summed E-state index contributed by atoms with van der Waals surface area (Å²) in [6, 6.07) is 2.81. The summed E-state index contributed by atoms with van der Waals surface area (Å²) in [6.07, 6.45) is 1.46. The van der Waals surface area contributed by atoms with Gasteiger partial charge < -0.3 is 4.48 Å². The minimum absolute atomic E-state index is 0.888. The molecule has 0 spiro atoms. The Hall–Kier alpha value is -0.0800. The zero-order valence-electron chi connectivity index (χ0n) is 5.80. The number of piperazine rings is 2. The lowest BCUT2D eigenvalue weighted by atomic mass is 9.97. The molecular weight excluding hydrogens is 112 g/mol. The number of rotatable bonds is 0. The lowest BCUT2D eigenvalue weighted by Crippen LogP contribution is -2.75. The molecule has 9 heavy (non-hydrogen) atoms. The van der Waals surface area contributed by atoms with Crippen molar-refractivity contribution in [3.8, 4) is 0 Å². The minimum Gasteiger partial charge on any atom is -0.319 e. The van der Waals surface area contributed by atoms with E-state index in [1.807, 2.05) is 0 Å². The molecule has 3 fully saturated rings. The zero-order chi connectivity index (χ0) is 6.06. The van der Waals surface area contributed by atoms with Crippen molar-refractivity contribution in [2.45, 2.75) is 24.5 Å². The molecule has 3 heterocycles. The fraction of sp³-hybridized carbons (Fsp3) is 1.00. The lowest BCUT2D eigenvalue weighted by Gasteiger charge is -2.52. The van der Waals surface area contributed by atoms with Crippen molar-refractivity contribution in [3.63, 3.8) is 0 Å². The number of hydrogen-bond acceptors (Lipinski definition) is 1. The molecule has 0 aromatic rings. The van der Waals surface area contributed by atoms with Crippen LogP contribution in [0.5, 0.6) is 0 Å². The van der Waals surface area contributed by atoms with Crippen molar-refractivity contribution in [1.82, 2.24) is 5.32 Å². The molecule has 0 aromatic carbocycles.